The van der Waals surface area contributed by atoms with Crippen LogP contribution in [0.4, 0.5) is 11.4 Å². The highest BCUT2D eigenvalue weighted by atomic mass is 16.6. The zero-order valence-corrected chi connectivity index (χ0v) is 14.8. The van der Waals surface area contributed by atoms with Crippen molar-refractivity contribution >= 4 is 17.3 Å². The van der Waals surface area contributed by atoms with Crippen molar-refractivity contribution in [3.05, 3.63) is 69.8 Å². The van der Waals surface area contributed by atoms with E-state index < -0.39 is 4.92 Å². The number of hydrogen-bond acceptors (Lipinski definition) is 5. The van der Waals surface area contributed by atoms with Crippen molar-refractivity contribution in [2.75, 3.05) is 25.0 Å². The van der Waals surface area contributed by atoms with Gasteiger partial charge in [0, 0.05) is 38.0 Å². The van der Waals surface area contributed by atoms with Gasteiger partial charge in [0.05, 0.1) is 16.6 Å². The number of nitriles is 1. The predicted octanol–water partition coefficient (Wildman–Crippen LogP) is 2.97. The van der Waals surface area contributed by atoms with E-state index in [1.165, 1.54) is 11.6 Å². The number of nitro groups is 1. The largest absolute Gasteiger partial charge is 0.379 e. The maximum absolute atomic E-state index is 12.2. The number of carbonyl (C=O) groups excluding carboxylic acids is 1. The molecule has 7 nitrogen and oxygen atoms in total. The Bertz CT molecular complexity index is 877. The number of rotatable bonds is 7. The van der Waals surface area contributed by atoms with Crippen LogP contribution in [-0.2, 0) is 11.2 Å². The second kappa shape index (κ2) is 8.32. The zero-order valence-electron chi connectivity index (χ0n) is 14.8. The van der Waals surface area contributed by atoms with Crippen LogP contribution < -0.4 is 5.32 Å². The summed E-state index contributed by atoms with van der Waals surface area (Å²) in [4.78, 5) is 24.8. The maximum Gasteiger partial charge on any atom is 0.293 e. The van der Waals surface area contributed by atoms with Crippen molar-refractivity contribution in [2.45, 2.75) is 12.8 Å². The third-order valence-corrected chi connectivity index (χ3v) is 4.71. The smallest absolute Gasteiger partial charge is 0.293 e. The lowest BCUT2D eigenvalue weighted by molar-refractivity contribution is -0.384. The molecule has 0 aromatic heterocycles. The number of likely N-dealkylation sites (tertiary alicyclic amines) is 1. The summed E-state index contributed by atoms with van der Waals surface area (Å²) in [6.07, 6.45) is 1.25. The molecule has 1 N–H and O–H groups in total. The average Bonchev–Trinajstić information content (AvgIpc) is 3.05. The van der Waals surface area contributed by atoms with Crippen molar-refractivity contribution in [3.8, 4) is 6.07 Å². The zero-order chi connectivity index (χ0) is 19.2. The van der Waals surface area contributed by atoms with Gasteiger partial charge in [-0.3, -0.25) is 14.9 Å². The molecule has 3 rings (SSSR count). The van der Waals surface area contributed by atoms with E-state index in [2.05, 4.69) is 5.32 Å². The number of hydrogen-bond donors (Lipinski definition) is 1. The van der Waals surface area contributed by atoms with E-state index in [4.69, 9.17) is 5.26 Å². The lowest BCUT2D eigenvalue weighted by Crippen LogP contribution is -2.28. The quantitative estimate of drug-likeness (QED) is 0.601. The van der Waals surface area contributed by atoms with Crippen molar-refractivity contribution in [3.63, 3.8) is 0 Å². The van der Waals surface area contributed by atoms with Gasteiger partial charge in [-0.2, -0.15) is 5.26 Å². The van der Waals surface area contributed by atoms with Crippen molar-refractivity contribution in [1.29, 1.82) is 5.26 Å². The lowest BCUT2D eigenvalue weighted by atomic mass is 10.1. The van der Waals surface area contributed by atoms with E-state index >= 15 is 0 Å². The van der Waals surface area contributed by atoms with E-state index in [1.54, 1.807) is 12.1 Å². The Morgan fingerprint density at radius 3 is 2.74 bits per heavy atom. The molecule has 27 heavy (non-hydrogen) atoms. The molecule has 1 fully saturated rings. The van der Waals surface area contributed by atoms with E-state index in [0.717, 1.165) is 6.42 Å². The Morgan fingerprint density at radius 2 is 2.04 bits per heavy atom. The monoisotopic (exact) mass is 364 g/mol. The van der Waals surface area contributed by atoms with Gasteiger partial charge in [0.25, 0.3) is 5.69 Å². The van der Waals surface area contributed by atoms with Crippen LogP contribution in [0.2, 0.25) is 0 Å². The van der Waals surface area contributed by atoms with Crippen LogP contribution in [0.25, 0.3) is 0 Å². The first-order chi connectivity index (χ1) is 13.1. The minimum Gasteiger partial charge on any atom is -0.379 e. The molecule has 0 bridgehead atoms. The van der Waals surface area contributed by atoms with Crippen LogP contribution in [0.5, 0.6) is 0 Å². The summed E-state index contributed by atoms with van der Waals surface area (Å²) in [7, 11) is 0. The SMILES string of the molecule is N#Cc1ccc(NCC2CC(=O)N(CCc3ccccc3)C2)c([N+](=O)[O-])c1. The molecule has 2 aromatic rings. The lowest BCUT2D eigenvalue weighted by Gasteiger charge is -2.17. The molecule has 0 saturated carbocycles. The second-order valence-electron chi connectivity index (χ2n) is 6.63. The standard InChI is InChI=1S/C20H20N4O3/c21-12-16-6-7-18(19(10-16)24(26)27)22-13-17-11-20(25)23(14-17)9-8-15-4-2-1-3-5-15/h1-7,10,17,22H,8-9,11,13-14H2. The minimum absolute atomic E-state index is 0.100. The van der Waals surface area contributed by atoms with Crippen molar-refractivity contribution < 1.29 is 9.72 Å². The Labute approximate surface area is 157 Å². The maximum atomic E-state index is 12.2. The van der Waals surface area contributed by atoms with Gasteiger partial charge in [0.2, 0.25) is 5.91 Å². The number of nitrogens with zero attached hydrogens (tertiary/aromatic N) is 3. The number of nitro benzene ring substituents is 1. The third kappa shape index (κ3) is 4.61. The second-order valence-corrected chi connectivity index (χ2v) is 6.63. The van der Waals surface area contributed by atoms with Crippen molar-refractivity contribution in [1.82, 2.24) is 4.90 Å². The first-order valence-corrected chi connectivity index (χ1v) is 8.81. The minimum atomic E-state index is -0.505. The Balaban J connectivity index is 1.56. The highest BCUT2D eigenvalue weighted by Crippen LogP contribution is 2.27. The summed E-state index contributed by atoms with van der Waals surface area (Å²) in [5, 5.41) is 23.2. The average molecular weight is 364 g/mol. The molecule has 7 heteroatoms. The van der Waals surface area contributed by atoms with Gasteiger partial charge in [0.1, 0.15) is 5.69 Å². The summed E-state index contributed by atoms with van der Waals surface area (Å²) >= 11 is 0. The molecule has 1 heterocycles. The normalized spacial score (nSPS) is 16.2. The fourth-order valence-corrected chi connectivity index (χ4v) is 3.27. The molecule has 138 valence electrons. The van der Waals surface area contributed by atoms with Gasteiger partial charge >= 0.3 is 0 Å². The topological polar surface area (TPSA) is 99.3 Å². The number of carbonyl (C=O) groups is 1. The highest BCUT2D eigenvalue weighted by molar-refractivity contribution is 5.78. The van der Waals surface area contributed by atoms with Gasteiger partial charge in [-0.15, -0.1) is 0 Å². The molecule has 1 amide bonds. The van der Waals surface area contributed by atoms with E-state index in [0.29, 0.717) is 31.7 Å². The number of amides is 1. The molecule has 0 spiro atoms. The van der Waals surface area contributed by atoms with Gasteiger partial charge < -0.3 is 10.2 Å². The molecule has 1 aliphatic rings. The molecule has 0 radical (unpaired) electrons. The molecule has 1 unspecified atom stereocenters. The van der Waals surface area contributed by atoms with Gasteiger partial charge in [0.15, 0.2) is 0 Å². The fraction of sp³-hybridized carbons (Fsp3) is 0.300. The number of nitrogens with one attached hydrogen (secondary N) is 1. The summed E-state index contributed by atoms with van der Waals surface area (Å²) < 4.78 is 0. The van der Waals surface area contributed by atoms with Gasteiger partial charge in [-0.25, -0.2) is 0 Å². The fourth-order valence-electron chi connectivity index (χ4n) is 3.27. The summed E-state index contributed by atoms with van der Waals surface area (Å²) in [5.41, 5.74) is 1.68. The summed E-state index contributed by atoms with van der Waals surface area (Å²) in [6, 6.07) is 16.3. The molecule has 1 aliphatic heterocycles. The van der Waals surface area contributed by atoms with Crippen LogP contribution in [0.15, 0.2) is 48.5 Å². The van der Waals surface area contributed by atoms with Gasteiger partial charge in [-0.05, 0) is 24.1 Å². The summed E-state index contributed by atoms with van der Waals surface area (Å²) in [6.45, 7) is 1.79. The van der Waals surface area contributed by atoms with Crippen LogP contribution >= 0.6 is 0 Å². The Hall–Kier alpha value is -3.40. The van der Waals surface area contributed by atoms with Crippen LogP contribution in [0.1, 0.15) is 17.5 Å². The molecule has 1 saturated heterocycles. The van der Waals surface area contributed by atoms with E-state index in [9.17, 15) is 14.9 Å². The van der Waals surface area contributed by atoms with Gasteiger partial charge in [-0.1, -0.05) is 30.3 Å². The third-order valence-electron chi connectivity index (χ3n) is 4.71. The van der Waals surface area contributed by atoms with E-state index in [1.807, 2.05) is 41.3 Å². The number of anilines is 1. The Morgan fingerprint density at radius 1 is 1.26 bits per heavy atom. The molecular weight excluding hydrogens is 344 g/mol. The molecule has 1 atom stereocenters. The first kappa shape index (κ1) is 18.4. The van der Waals surface area contributed by atoms with Crippen LogP contribution in [-0.4, -0.2) is 35.4 Å². The van der Waals surface area contributed by atoms with Crippen LogP contribution in [0.3, 0.4) is 0 Å². The van der Waals surface area contributed by atoms with Crippen LogP contribution in [0, 0.1) is 27.4 Å². The molecule has 2 aromatic carbocycles. The highest BCUT2D eigenvalue weighted by Gasteiger charge is 2.29. The summed E-state index contributed by atoms with van der Waals surface area (Å²) in [5.74, 6) is 0.218. The number of benzene rings is 2. The first-order valence-electron chi connectivity index (χ1n) is 8.81. The molecule has 0 aliphatic carbocycles. The van der Waals surface area contributed by atoms with Crippen molar-refractivity contribution in [2.24, 2.45) is 5.92 Å². The molecular formula is C20H20N4O3. The Kier molecular flexibility index (Phi) is 5.67. The van der Waals surface area contributed by atoms with E-state index in [-0.39, 0.29) is 23.1 Å². The predicted molar refractivity (Wildman–Crippen MR) is 101 cm³/mol.